The normalized spacial score (nSPS) is 52.3. The zero-order valence-corrected chi connectivity index (χ0v) is 20.5. The van der Waals surface area contributed by atoms with Gasteiger partial charge in [-0.2, -0.15) is 0 Å². The summed E-state index contributed by atoms with van der Waals surface area (Å²) in [5, 5.41) is 32.4. The largest absolute Gasteiger partial charge is 0.393 e. The highest BCUT2D eigenvalue weighted by atomic mass is 16.3. The van der Waals surface area contributed by atoms with Crippen LogP contribution in [0.25, 0.3) is 0 Å². The molecule has 0 aromatic carbocycles. The lowest BCUT2D eigenvalue weighted by molar-refractivity contribution is -0.212. The zero-order chi connectivity index (χ0) is 22.1. The molecule has 0 spiro atoms. The number of fused-ring (bicyclic) bond motifs is 5. The lowest BCUT2D eigenvalue weighted by Crippen LogP contribution is -2.62. The monoisotopic (exact) mass is 420 g/mol. The van der Waals surface area contributed by atoms with E-state index in [1.165, 1.54) is 25.7 Å². The van der Waals surface area contributed by atoms with Crippen molar-refractivity contribution in [2.75, 3.05) is 0 Å². The molecule has 0 amide bonds. The SMILES string of the molecule is C[C@H](CCC(C)(C)O)[C@H]1CCC2C3C(CC[C@@]21C)[C@@]1(C)CC[C@@H](O)CC1CC3(C)O. The molecule has 3 N–H and O–H groups in total. The predicted molar refractivity (Wildman–Crippen MR) is 122 cm³/mol. The summed E-state index contributed by atoms with van der Waals surface area (Å²) in [5.41, 5.74) is -0.573. The molecule has 0 saturated heterocycles. The van der Waals surface area contributed by atoms with Crippen molar-refractivity contribution in [1.29, 1.82) is 0 Å². The molecule has 0 aliphatic heterocycles. The lowest BCUT2D eigenvalue weighted by Gasteiger charge is -2.65. The average molecular weight is 421 g/mol. The first-order valence-corrected chi connectivity index (χ1v) is 12.9. The van der Waals surface area contributed by atoms with Gasteiger partial charge in [-0.05, 0) is 131 Å². The predicted octanol–water partition coefficient (Wildman–Crippen LogP) is 5.55. The minimum Gasteiger partial charge on any atom is -0.393 e. The fraction of sp³-hybridized carbons (Fsp3) is 1.00. The van der Waals surface area contributed by atoms with Gasteiger partial charge in [-0.15, -0.1) is 0 Å². The Kier molecular flexibility index (Phi) is 5.73. The number of aliphatic hydroxyl groups is 3. The standard InChI is InChI=1S/C27H48O3/c1-17(9-12-24(2,3)29)20-7-8-21-23-22(11-14-26(20,21)5)25(4)13-10-19(28)15-18(25)16-27(23,6)30/h17-23,28-30H,7-16H2,1-6H3/t17-,18?,19-,20-,21?,22?,23?,25+,26-,27?/m1/s1. The fourth-order valence-corrected chi connectivity index (χ4v) is 9.34. The molecule has 174 valence electrons. The van der Waals surface area contributed by atoms with E-state index < -0.39 is 11.2 Å². The second-order valence-corrected chi connectivity index (χ2v) is 13.5. The molecular weight excluding hydrogens is 372 g/mol. The summed E-state index contributed by atoms with van der Waals surface area (Å²) in [6.45, 7) is 13.4. The first-order valence-electron chi connectivity index (χ1n) is 12.9. The van der Waals surface area contributed by atoms with Crippen molar-refractivity contribution in [3.05, 3.63) is 0 Å². The molecule has 5 unspecified atom stereocenters. The smallest absolute Gasteiger partial charge is 0.0656 e. The molecule has 4 aliphatic rings. The molecule has 0 heterocycles. The van der Waals surface area contributed by atoms with Crippen LogP contribution in [-0.2, 0) is 0 Å². The number of rotatable bonds is 4. The molecule has 0 aromatic heterocycles. The summed E-state index contributed by atoms with van der Waals surface area (Å²) >= 11 is 0. The Morgan fingerprint density at radius 3 is 2.27 bits per heavy atom. The van der Waals surface area contributed by atoms with E-state index in [1.54, 1.807) is 0 Å². The van der Waals surface area contributed by atoms with Crippen LogP contribution in [0.15, 0.2) is 0 Å². The summed E-state index contributed by atoms with van der Waals surface area (Å²) in [4.78, 5) is 0. The molecule has 0 aromatic rings. The van der Waals surface area contributed by atoms with Gasteiger partial charge in [0.15, 0.2) is 0 Å². The minimum atomic E-state index is -0.608. The topological polar surface area (TPSA) is 60.7 Å². The molecule has 4 aliphatic carbocycles. The number of aliphatic hydroxyl groups excluding tert-OH is 1. The highest BCUT2D eigenvalue weighted by Gasteiger charge is 2.65. The zero-order valence-electron chi connectivity index (χ0n) is 20.5. The van der Waals surface area contributed by atoms with Crippen LogP contribution in [-0.4, -0.2) is 32.6 Å². The van der Waals surface area contributed by atoms with Crippen LogP contribution >= 0.6 is 0 Å². The van der Waals surface area contributed by atoms with Gasteiger partial charge in [-0.3, -0.25) is 0 Å². The third-order valence-electron chi connectivity index (χ3n) is 11.0. The summed E-state index contributed by atoms with van der Waals surface area (Å²) in [6, 6.07) is 0. The van der Waals surface area contributed by atoms with Crippen molar-refractivity contribution in [3.63, 3.8) is 0 Å². The third kappa shape index (κ3) is 3.69. The van der Waals surface area contributed by atoms with Crippen LogP contribution < -0.4 is 0 Å². The van der Waals surface area contributed by atoms with E-state index in [-0.39, 0.29) is 11.5 Å². The molecule has 4 rings (SSSR count). The third-order valence-corrected chi connectivity index (χ3v) is 11.0. The van der Waals surface area contributed by atoms with Gasteiger partial charge in [-0.1, -0.05) is 20.8 Å². The van der Waals surface area contributed by atoms with E-state index in [4.69, 9.17) is 0 Å². The van der Waals surface area contributed by atoms with Gasteiger partial charge in [0.25, 0.3) is 0 Å². The second-order valence-electron chi connectivity index (χ2n) is 13.5. The highest BCUT2D eigenvalue weighted by Crippen LogP contribution is 2.70. The Labute approximate surface area is 185 Å². The summed E-state index contributed by atoms with van der Waals surface area (Å²) < 4.78 is 0. The summed E-state index contributed by atoms with van der Waals surface area (Å²) in [5.74, 6) is 3.42. The Hall–Kier alpha value is -0.120. The molecule has 30 heavy (non-hydrogen) atoms. The molecule has 10 atom stereocenters. The van der Waals surface area contributed by atoms with Gasteiger partial charge in [-0.25, -0.2) is 0 Å². The van der Waals surface area contributed by atoms with E-state index in [0.29, 0.717) is 40.9 Å². The van der Waals surface area contributed by atoms with Gasteiger partial charge in [0.2, 0.25) is 0 Å². The quantitative estimate of drug-likeness (QED) is 0.558. The first-order chi connectivity index (χ1) is 13.8. The molecule has 3 heteroatoms. The van der Waals surface area contributed by atoms with Crippen molar-refractivity contribution in [2.45, 2.75) is 123 Å². The maximum atomic E-state index is 11.8. The average Bonchev–Trinajstić information content (AvgIpc) is 2.97. The van der Waals surface area contributed by atoms with Crippen LogP contribution in [0.1, 0.15) is 106 Å². The van der Waals surface area contributed by atoms with Gasteiger partial charge >= 0.3 is 0 Å². The fourth-order valence-electron chi connectivity index (χ4n) is 9.34. The Morgan fingerprint density at radius 2 is 1.60 bits per heavy atom. The van der Waals surface area contributed by atoms with Crippen LogP contribution in [0.5, 0.6) is 0 Å². The maximum absolute atomic E-state index is 11.8. The maximum Gasteiger partial charge on any atom is 0.0656 e. The molecule has 4 fully saturated rings. The summed E-state index contributed by atoms with van der Waals surface area (Å²) in [7, 11) is 0. The van der Waals surface area contributed by atoms with Gasteiger partial charge in [0.05, 0.1) is 17.3 Å². The minimum absolute atomic E-state index is 0.170. The molecule has 3 nitrogen and oxygen atoms in total. The van der Waals surface area contributed by atoms with Crippen LogP contribution in [0.2, 0.25) is 0 Å². The molecule has 0 radical (unpaired) electrons. The van der Waals surface area contributed by atoms with Crippen molar-refractivity contribution in [3.8, 4) is 0 Å². The van der Waals surface area contributed by atoms with Gasteiger partial charge in [0.1, 0.15) is 0 Å². The van der Waals surface area contributed by atoms with E-state index in [2.05, 4.69) is 27.7 Å². The van der Waals surface area contributed by atoms with E-state index in [9.17, 15) is 15.3 Å². The Balaban J connectivity index is 1.58. The number of hydrogen-bond acceptors (Lipinski definition) is 3. The number of hydrogen-bond donors (Lipinski definition) is 3. The van der Waals surface area contributed by atoms with Crippen LogP contribution in [0.4, 0.5) is 0 Å². The van der Waals surface area contributed by atoms with E-state index >= 15 is 0 Å². The Morgan fingerprint density at radius 1 is 0.967 bits per heavy atom. The molecule has 4 saturated carbocycles. The van der Waals surface area contributed by atoms with E-state index in [0.717, 1.165) is 38.5 Å². The van der Waals surface area contributed by atoms with Crippen molar-refractivity contribution >= 4 is 0 Å². The van der Waals surface area contributed by atoms with Gasteiger partial charge < -0.3 is 15.3 Å². The van der Waals surface area contributed by atoms with Crippen LogP contribution in [0.3, 0.4) is 0 Å². The molecular formula is C27H48O3. The van der Waals surface area contributed by atoms with Gasteiger partial charge in [0, 0.05) is 0 Å². The highest BCUT2D eigenvalue weighted by molar-refractivity contribution is 5.14. The summed E-state index contributed by atoms with van der Waals surface area (Å²) in [6.07, 6.45) is 10.7. The first kappa shape index (κ1) is 23.1. The lowest BCUT2D eigenvalue weighted by atomic mass is 9.41. The van der Waals surface area contributed by atoms with Crippen molar-refractivity contribution in [1.82, 2.24) is 0 Å². The second kappa shape index (κ2) is 7.45. The molecule has 0 bridgehead atoms. The van der Waals surface area contributed by atoms with Crippen molar-refractivity contribution < 1.29 is 15.3 Å². The van der Waals surface area contributed by atoms with Crippen LogP contribution in [0, 0.1) is 46.3 Å². The van der Waals surface area contributed by atoms with Crippen molar-refractivity contribution in [2.24, 2.45) is 46.3 Å². The van der Waals surface area contributed by atoms with E-state index in [1.807, 2.05) is 13.8 Å². The Bertz CT molecular complexity index is 637.